The van der Waals surface area contributed by atoms with E-state index in [2.05, 4.69) is 6.58 Å². The van der Waals surface area contributed by atoms with Gasteiger partial charge in [-0.25, -0.2) is 0 Å². The van der Waals surface area contributed by atoms with E-state index in [1.54, 1.807) is 0 Å². The van der Waals surface area contributed by atoms with Crippen LogP contribution in [0.4, 0.5) is 0 Å². The van der Waals surface area contributed by atoms with E-state index in [0.29, 0.717) is 4.68 Å². The molecule has 18 heavy (non-hydrogen) atoms. The first kappa shape index (κ1) is 13.5. The number of allylic oxidation sites excluding steroid dienone is 1. The van der Waals surface area contributed by atoms with Gasteiger partial charge in [-0.15, -0.1) is 0 Å². The van der Waals surface area contributed by atoms with Crippen LogP contribution in [0.5, 0.6) is 0 Å². The van der Waals surface area contributed by atoms with Gasteiger partial charge < -0.3 is 0 Å². The van der Waals surface area contributed by atoms with Gasteiger partial charge in [0.1, 0.15) is 0 Å². The SMILES string of the molecule is C=CCCC(O)[C@H]1C[C@@H]1C(=O)[Se]c1ccccc1. The number of aliphatic hydroxyl groups is 1. The third kappa shape index (κ3) is 3.55. The van der Waals surface area contributed by atoms with Crippen LogP contribution in [0.1, 0.15) is 19.3 Å². The predicted octanol–water partition coefficient (Wildman–Crippen LogP) is 1.51. The molecule has 0 aromatic heterocycles. The fourth-order valence-electron chi connectivity index (χ4n) is 2.09. The summed E-state index contributed by atoms with van der Waals surface area (Å²) in [6.45, 7) is 3.65. The first-order valence-electron chi connectivity index (χ1n) is 6.28. The Balaban J connectivity index is 1.80. The van der Waals surface area contributed by atoms with Gasteiger partial charge in [-0.05, 0) is 0 Å². The Labute approximate surface area is 114 Å². The topological polar surface area (TPSA) is 37.3 Å². The van der Waals surface area contributed by atoms with Gasteiger partial charge in [-0.3, -0.25) is 0 Å². The van der Waals surface area contributed by atoms with Gasteiger partial charge in [0.05, 0.1) is 0 Å². The van der Waals surface area contributed by atoms with Crippen LogP contribution in [0.25, 0.3) is 0 Å². The summed E-state index contributed by atoms with van der Waals surface area (Å²) in [4.78, 5) is 12.1. The molecule has 0 bridgehead atoms. The maximum absolute atomic E-state index is 12.1. The normalized spacial score (nSPS) is 23.4. The molecule has 1 N–H and O–H groups in total. The summed E-state index contributed by atoms with van der Waals surface area (Å²) >= 11 is -0.0984. The molecule has 1 unspecified atom stereocenters. The molecule has 2 nitrogen and oxygen atoms in total. The molecule has 1 aromatic rings. The number of hydrogen-bond donors (Lipinski definition) is 1. The minimum atomic E-state index is -0.330. The molecule has 0 amide bonds. The van der Waals surface area contributed by atoms with Crippen molar-refractivity contribution in [3.8, 4) is 0 Å². The van der Waals surface area contributed by atoms with Crippen molar-refractivity contribution in [1.29, 1.82) is 0 Å². The fraction of sp³-hybridized carbons (Fsp3) is 0.400. The second-order valence-electron chi connectivity index (χ2n) is 4.67. The van der Waals surface area contributed by atoms with Crippen LogP contribution in [-0.4, -0.2) is 30.8 Å². The maximum atomic E-state index is 12.1. The quantitative estimate of drug-likeness (QED) is 0.612. The van der Waals surface area contributed by atoms with Crippen LogP contribution in [0.2, 0.25) is 0 Å². The minimum absolute atomic E-state index is 0.0984. The van der Waals surface area contributed by atoms with Crippen molar-refractivity contribution in [2.45, 2.75) is 25.4 Å². The Hall–Kier alpha value is -0.891. The summed E-state index contributed by atoms with van der Waals surface area (Å²) in [6.07, 6.45) is 3.91. The van der Waals surface area contributed by atoms with Crippen molar-refractivity contribution >= 4 is 24.1 Å². The van der Waals surface area contributed by atoms with Gasteiger partial charge in [-0.2, -0.15) is 0 Å². The van der Waals surface area contributed by atoms with Gasteiger partial charge in [0.15, 0.2) is 0 Å². The van der Waals surface area contributed by atoms with Crippen LogP contribution in [-0.2, 0) is 4.79 Å². The summed E-state index contributed by atoms with van der Waals surface area (Å²) in [5, 5.41) is 9.91. The number of benzene rings is 1. The second kappa shape index (κ2) is 6.33. The van der Waals surface area contributed by atoms with E-state index >= 15 is 0 Å². The fourth-order valence-corrected chi connectivity index (χ4v) is 4.08. The monoisotopic (exact) mass is 310 g/mol. The van der Waals surface area contributed by atoms with Gasteiger partial charge >= 0.3 is 114 Å². The van der Waals surface area contributed by atoms with E-state index in [0.717, 1.165) is 23.7 Å². The van der Waals surface area contributed by atoms with Gasteiger partial charge in [-0.1, -0.05) is 0 Å². The van der Waals surface area contributed by atoms with Crippen molar-refractivity contribution < 1.29 is 9.90 Å². The van der Waals surface area contributed by atoms with Crippen molar-refractivity contribution in [2.24, 2.45) is 11.8 Å². The average molecular weight is 309 g/mol. The third-order valence-electron chi connectivity index (χ3n) is 3.26. The van der Waals surface area contributed by atoms with Crippen LogP contribution >= 0.6 is 0 Å². The Morgan fingerprint density at radius 3 is 2.89 bits per heavy atom. The zero-order chi connectivity index (χ0) is 13.0. The van der Waals surface area contributed by atoms with Gasteiger partial charge in [0.2, 0.25) is 0 Å². The van der Waals surface area contributed by atoms with E-state index in [-0.39, 0.29) is 32.9 Å². The number of carbonyl (C=O) groups excluding carboxylic acids is 1. The van der Waals surface area contributed by atoms with E-state index < -0.39 is 0 Å². The number of rotatable bonds is 7. The Morgan fingerprint density at radius 1 is 1.50 bits per heavy atom. The zero-order valence-electron chi connectivity index (χ0n) is 10.3. The number of hydrogen-bond acceptors (Lipinski definition) is 2. The average Bonchev–Trinajstić information content (AvgIpc) is 3.17. The van der Waals surface area contributed by atoms with E-state index in [1.807, 2.05) is 36.4 Å². The molecule has 0 saturated heterocycles. The molecule has 0 heterocycles. The first-order valence-corrected chi connectivity index (χ1v) is 7.99. The van der Waals surface area contributed by atoms with Crippen molar-refractivity contribution in [1.82, 2.24) is 0 Å². The molecule has 3 heteroatoms. The second-order valence-corrected chi connectivity index (χ2v) is 6.94. The summed E-state index contributed by atoms with van der Waals surface area (Å²) in [6, 6.07) is 9.90. The van der Waals surface area contributed by atoms with Gasteiger partial charge in [0, 0.05) is 0 Å². The van der Waals surface area contributed by atoms with Crippen molar-refractivity contribution in [3.63, 3.8) is 0 Å². The molecule has 0 spiro atoms. The Morgan fingerprint density at radius 2 is 2.22 bits per heavy atom. The molecule has 96 valence electrons. The van der Waals surface area contributed by atoms with E-state index in [9.17, 15) is 9.90 Å². The van der Waals surface area contributed by atoms with E-state index in [4.69, 9.17) is 0 Å². The molecule has 3 atom stereocenters. The summed E-state index contributed by atoms with van der Waals surface area (Å²) in [7, 11) is 0. The number of aliphatic hydroxyl groups excluding tert-OH is 1. The predicted molar refractivity (Wildman–Crippen MR) is 73.9 cm³/mol. The third-order valence-corrected chi connectivity index (χ3v) is 5.39. The summed E-state index contributed by atoms with van der Waals surface area (Å²) < 4.78 is 1.46. The van der Waals surface area contributed by atoms with Crippen molar-refractivity contribution in [3.05, 3.63) is 43.0 Å². The van der Waals surface area contributed by atoms with Crippen LogP contribution < -0.4 is 4.46 Å². The summed E-state index contributed by atoms with van der Waals surface area (Å²) in [5.41, 5.74) is 0. The standard InChI is InChI=1S/C15H18O2Se/c1-2-3-9-14(16)12-10-13(12)15(17)18-11-7-5-4-6-8-11/h2,4-8,12-14,16H,1,3,9-10H2/t12-,13-,14?/m0/s1. The molecular formula is C15H18O2Se. The van der Waals surface area contributed by atoms with Crippen LogP contribution in [0.15, 0.2) is 43.0 Å². The molecule has 1 aliphatic rings. The number of carbonyl (C=O) groups is 1. The Kier molecular flexibility index (Phi) is 4.76. The molecule has 1 aromatic carbocycles. The molecule has 1 saturated carbocycles. The van der Waals surface area contributed by atoms with Gasteiger partial charge in [0.25, 0.3) is 0 Å². The summed E-state index contributed by atoms with van der Waals surface area (Å²) in [5.74, 6) is 0.299. The molecule has 1 fully saturated rings. The first-order chi connectivity index (χ1) is 8.72. The molecule has 0 radical (unpaired) electrons. The van der Waals surface area contributed by atoms with Crippen LogP contribution in [0.3, 0.4) is 0 Å². The molecule has 1 aliphatic carbocycles. The van der Waals surface area contributed by atoms with E-state index in [1.165, 1.54) is 0 Å². The Bertz CT molecular complexity index is 416. The molecular weight excluding hydrogens is 291 g/mol. The van der Waals surface area contributed by atoms with Crippen molar-refractivity contribution in [2.75, 3.05) is 0 Å². The molecule has 0 aliphatic heterocycles. The van der Waals surface area contributed by atoms with Crippen LogP contribution in [0, 0.1) is 11.8 Å². The molecule has 2 rings (SSSR count). The zero-order valence-corrected chi connectivity index (χ0v) is 12.0.